The predicted octanol–water partition coefficient (Wildman–Crippen LogP) is 4.15. The second-order valence-electron chi connectivity index (χ2n) is 4.76. The minimum atomic E-state index is -0.686. The fourth-order valence-electron chi connectivity index (χ4n) is 2.20. The molecule has 1 unspecified atom stereocenters. The van der Waals surface area contributed by atoms with Crippen LogP contribution >= 0.6 is 27.5 Å². The standard InChI is InChI=1S/C14H15BrClF2N3/c1-3-21-13(14(15)7(2)20-21)6-12(19)8-4-11(18)9(16)5-10(8)17/h4-5,12H,3,6,19H2,1-2H3. The first-order valence-electron chi connectivity index (χ1n) is 6.46. The van der Waals surface area contributed by atoms with Crippen molar-refractivity contribution in [2.75, 3.05) is 0 Å². The Morgan fingerprint density at radius 3 is 2.67 bits per heavy atom. The highest BCUT2D eigenvalue weighted by Crippen LogP contribution is 2.28. The molecule has 0 radical (unpaired) electrons. The van der Waals surface area contributed by atoms with Gasteiger partial charge in [-0.25, -0.2) is 8.78 Å². The van der Waals surface area contributed by atoms with Crippen molar-refractivity contribution in [3.63, 3.8) is 0 Å². The van der Waals surface area contributed by atoms with Gasteiger partial charge in [-0.15, -0.1) is 0 Å². The monoisotopic (exact) mass is 377 g/mol. The van der Waals surface area contributed by atoms with Crippen molar-refractivity contribution in [1.82, 2.24) is 9.78 Å². The summed E-state index contributed by atoms with van der Waals surface area (Å²) in [4.78, 5) is 0. The van der Waals surface area contributed by atoms with Crippen LogP contribution in [-0.2, 0) is 13.0 Å². The number of rotatable bonds is 4. The van der Waals surface area contributed by atoms with Gasteiger partial charge in [0.15, 0.2) is 0 Å². The van der Waals surface area contributed by atoms with Gasteiger partial charge in [0.25, 0.3) is 0 Å². The average molecular weight is 379 g/mol. The zero-order chi connectivity index (χ0) is 15.7. The van der Waals surface area contributed by atoms with Crippen molar-refractivity contribution in [3.05, 3.63) is 50.2 Å². The van der Waals surface area contributed by atoms with Crippen LogP contribution in [0.15, 0.2) is 16.6 Å². The summed E-state index contributed by atoms with van der Waals surface area (Å²) in [7, 11) is 0. The molecule has 0 saturated heterocycles. The second-order valence-corrected chi connectivity index (χ2v) is 5.96. The van der Waals surface area contributed by atoms with E-state index >= 15 is 0 Å². The van der Waals surface area contributed by atoms with E-state index in [1.54, 1.807) is 4.68 Å². The van der Waals surface area contributed by atoms with E-state index in [9.17, 15) is 8.78 Å². The van der Waals surface area contributed by atoms with Crippen molar-refractivity contribution in [3.8, 4) is 0 Å². The molecule has 0 spiro atoms. The molecule has 0 amide bonds. The van der Waals surface area contributed by atoms with E-state index in [-0.39, 0.29) is 10.6 Å². The summed E-state index contributed by atoms with van der Waals surface area (Å²) in [6.07, 6.45) is 0.341. The quantitative estimate of drug-likeness (QED) is 0.812. The van der Waals surface area contributed by atoms with Crippen molar-refractivity contribution in [2.45, 2.75) is 32.9 Å². The second kappa shape index (κ2) is 6.42. The Morgan fingerprint density at radius 1 is 1.38 bits per heavy atom. The van der Waals surface area contributed by atoms with Crippen LogP contribution in [0, 0.1) is 18.6 Å². The lowest BCUT2D eigenvalue weighted by Crippen LogP contribution is -2.18. The summed E-state index contributed by atoms with van der Waals surface area (Å²) >= 11 is 9.01. The summed E-state index contributed by atoms with van der Waals surface area (Å²) in [5.74, 6) is -1.29. The molecule has 7 heteroatoms. The van der Waals surface area contributed by atoms with Gasteiger partial charge in [0.2, 0.25) is 0 Å². The molecule has 2 N–H and O–H groups in total. The van der Waals surface area contributed by atoms with E-state index in [1.165, 1.54) is 0 Å². The fraction of sp³-hybridized carbons (Fsp3) is 0.357. The minimum Gasteiger partial charge on any atom is -0.324 e. The highest BCUT2D eigenvalue weighted by atomic mass is 79.9. The number of aromatic nitrogens is 2. The molecule has 0 saturated carbocycles. The molecule has 0 aliphatic heterocycles. The lowest BCUT2D eigenvalue weighted by Gasteiger charge is -2.15. The zero-order valence-electron chi connectivity index (χ0n) is 11.6. The maximum Gasteiger partial charge on any atom is 0.142 e. The predicted molar refractivity (Wildman–Crippen MR) is 82.3 cm³/mol. The number of nitrogens with zero attached hydrogens (tertiary/aromatic N) is 2. The van der Waals surface area contributed by atoms with Crippen LogP contribution in [-0.4, -0.2) is 9.78 Å². The molecule has 114 valence electrons. The van der Waals surface area contributed by atoms with Gasteiger partial charge in [0, 0.05) is 24.6 Å². The van der Waals surface area contributed by atoms with Gasteiger partial charge >= 0.3 is 0 Å². The van der Waals surface area contributed by atoms with Crippen LogP contribution < -0.4 is 5.73 Å². The van der Waals surface area contributed by atoms with Crippen molar-refractivity contribution in [2.24, 2.45) is 5.73 Å². The molecule has 0 bridgehead atoms. The Bertz CT molecular complexity index is 673. The first kappa shape index (κ1) is 16.4. The van der Waals surface area contributed by atoms with Gasteiger partial charge in [-0.05, 0) is 41.9 Å². The Hall–Kier alpha value is -0.980. The summed E-state index contributed by atoms with van der Waals surface area (Å²) in [6.45, 7) is 4.50. The molecule has 21 heavy (non-hydrogen) atoms. The third-order valence-electron chi connectivity index (χ3n) is 3.31. The number of hydrogen-bond acceptors (Lipinski definition) is 2. The molecular weight excluding hydrogens is 364 g/mol. The van der Waals surface area contributed by atoms with Gasteiger partial charge in [0.05, 0.1) is 20.9 Å². The zero-order valence-corrected chi connectivity index (χ0v) is 14.0. The maximum atomic E-state index is 13.9. The highest BCUT2D eigenvalue weighted by molar-refractivity contribution is 9.10. The van der Waals surface area contributed by atoms with Gasteiger partial charge in [-0.2, -0.15) is 5.10 Å². The Morgan fingerprint density at radius 2 is 2.05 bits per heavy atom. The molecule has 0 fully saturated rings. The molecule has 0 aliphatic rings. The van der Waals surface area contributed by atoms with E-state index in [4.69, 9.17) is 17.3 Å². The minimum absolute atomic E-state index is 0.102. The number of benzene rings is 1. The third-order valence-corrected chi connectivity index (χ3v) is 4.63. The number of nitrogens with two attached hydrogens (primary N) is 1. The summed E-state index contributed by atoms with van der Waals surface area (Å²) in [5.41, 5.74) is 7.83. The Kier molecular flexibility index (Phi) is 5.01. The molecule has 1 aromatic carbocycles. The molecular formula is C14H15BrClF2N3. The molecule has 3 nitrogen and oxygen atoms in total. The number of halogens is 4. The van der Waals surface area contributed by atoms with E-state index in [0.29, 0.717) is 13.0 Å². The Labute approximate surface area is 135 Å². The summed E-state index contributed by atoms with van der Waals surface area (Å²) in [5, 5.41) is 4.10. The lowest BCUT2D eigenvalue weighted by molar-refractivity contribution is 0.544. The topological polar surface area (TPSA) is 43.8 Å². The van der Waals surface area contributed by atoms with E-state index < -0.39 is 17.7 Å². The maximum absolute atomic E-state index is 13.9. The van der Waals surface area contributed by atoms with Crippen LogP contribution in [0.4, 0.5) is 8.78 Å². The van der Waals surface area contributed by atoms with Crippen molar-refractivity contribution in [1.29, 1.82) is 0 Å². The first-order chi connectivity index (χ1) is 9.85. The molecule has 2 aromatic rings. The van der Waals surface area contributed by atoms with Gasteiger partial charge < -0.3 is 5.73 Å². The smallest absolute Gasteiger partial charge is 0.142 e. The number of hydrogen-bond donors (Lipinski definition) is 1. The van der Waals surface area contributed by atoms with Crippen LogP contribution in [0.3, 0.4) is 0 Å². The van der Waals surface area contributed by atoms with Crippen LogP contribution in [0.5, 0.6) is 0 Å². The fourth-order valence-corrected chi connectivity index (χ4v) is 2.80. The average Bonchev–Trinajstić information content (AvgIpc) is 2.70. The largest absolute Gasteiger partial charge is 0.324 e. The van der Waals surface area contributed by atoms with E-state index in [2.05, 4.69) is 21.0 Å². The number of aryl methyl sites for hydroxylation is 2. The highest BCUT2D eigenvalue weighted by Gasteiger charge is 2.20. The molecule has 1 heterocycles. The van der Waals surface area contributed by atoms with Crippen molar-refractivity contribution < 1.29 is 8.78 Å². The lowest BCUT2D eigenvalue weighted by atomic mass is 10.0. The molecule has 2 rings (SSSR count). The van der Waals surface area contributed by atoms with Crippen LogP contribution in [0.1, 0.15) is 29.9 Å². The SMILES string of the molecule is CCn1nc(C)c(Br)c1CC(N)c1cc(F)c(Cl)cc1F. The van der Waals surface area contributed by atoms with Gasteiger partial charge in [-0.3, -0.25) is 4.68 Å². The molecule has 0 aliphatic carbocycles. The van der Waals surface area contributed by atoms with Crippen molar-refractivity contribution >= 4 is 27.5 Å². The molecule has 1 aromatic heterocycles. The Balaban J connectivity index is 2.34. The van der Waals surface area contributed by atoms with Crippen LogP contribution in [0.2, 0.25) is 5.02 Å². The van der Waals surface area contributed by atoms with Gasteiger partial charge in [0.1, 0.15) is 11.6 Å². The summed E-state index contributed by atoms with van der Waals surface area (Å²) < 4.78 is 30.1. The third kappa shape index (κ3) is 3.27. The van der Waals surface area contributed by atoms with E-state index in [1.807, 2.05) is 13.8 Å². The van der Waals surface area contributed by atoms with Crippen LogP contribution in [0.25, 0.3) is 0 Å². The summed E-state index contributed by atoms with van der Waals surface area (Å²) in [6, 6.07) is 1.31. The first-order valence-corrected chi connectivity index (χ1v) is 7.64. The normalized spacial score (nSPS) is 12.7. The van der Waals surface area contributed by atoms with E-state index in [0.717, 1.165) is 28.0 Å². The van der Waals surface area contributed by atoms with Gasteiger partial charge in [-0.1, -0.05) is 11.6 Å². The molecule has 1 atom stereocenters.